The third kappa shape index (κ3) is 2.85. The first kappa shape index (κ1) is 13.5. The van der Waals surface area contributed by atoms with Crippen LogP contribution in [0.25, 0.3) is 0 Å². The van der Waals surface area contributed by atoms with Crippen molar-refractivity contribution in [2.45, 2.75) is 31.7 Å². The van der Waals surface area contributed by atoms with Crippen molar-refractivity contribution in [1.29, 1.82) is 0 Å². The summed E-state index contributed by atoms with van der Waals surface area (Å²) in [5, 5.41) is 14.0. The zero-order valence-corrected chi connectivity index (χ0v) is 12.4. The Labute approximate surface area is 125 Å². The largest absolute Gasteiger partial charge is 0.349 e. The monoisotopic (exact) mass is 338 g/mol. The number of carbonyl (C=O) groups excluding carboxylic acids is 1. The molecule has 0 atom stereocenters. The summed E-state index contributed by atoms with van der Waals surface area (Å²) < 4.78 is 0.389. The topological polar surface area (TPSA) is 72.2 Å². The van der Waals surface area contributed by atoms with E-state index in [0.29, 0.717) is 21.9 Å². The number of nitro groups is 1. The Kier molecular flexibility index (Phi) is 3.50. The summed E-state index contributed by atoms with van der Waals surface area (Å²) in [5.74, 6) is 1.01. The van der Waals surface area contributed by atoms with Crippen LogP contribution in [0.4, 0.5) is 5.69 Å². The molecule has 0 saturated heterocycles. The van der Waals surface area contributed by atoms with Crippen molar-refractivity contribution in [3.63, 3.8) is 0 Å². The second-order valence-corrected chi connectivity index (χ2v) is 6.45. The molecule has 1 N–H and O–H groups in total. The summed E-state index contributed by atoms with van der Waals surface area (Å²) in [6.07, 6.45) is 4.73. The smallest absolute Gasteiger partial charge is 0.284 e. The van der Waals surface area contributed by atoms with Crippen LogP contribution in [0.5, 0.6) is 0 Å². The number of nitro benzene ring substituents is 1. The van der Waals surface area contributed by atoms with Crippen LogP contribution in [-0.4, -0.2) is 16.9 Å². The fraction of sp³-hybridized carbons (Fsp3) is 0.500. The molecule has 2 fully saturated rings. The van der Waals surface area contributed by atoms with E-state index in [1.807, 2.05) is 0 Å². The van der Waals surface area contributed by atoms with Gasteiger partial charge in [0.05, 0.1) is 9.40 Å². The van der Waals surface area contributed by atoms with Gasteiger partial charge in [-0.25, -0.2) is 0 Å². The average molecular weight is 339 g/mol. The summed E-state index contributed by atoms with van der Waals surface area (Å²) in [7, 11) is 0. The summed E-state index contributed by atoms with van der Waals surface area (Å²) in [4.78, 5) is 22.7. The molecule has 2 aliphatic rings. The second-order valence-electron chi connectivity index (χ2n) is 5.60. The molecule has 0 unspecified atom stereocenters. The molecule has 2 aliphatic carbocycles. The van der Waals surface area contributed by atoms with Crippen LogP contribution in [0.2, 0.25) is 0 Å². The lowest BCUT2D eigenvalue weighted by Crippen LogP contribution is -2.38. The number of hydrogen-bond acceptors (Lipinski definition) is 3. The van der Waals surface area contributed by atoms with Crippen molar-refractivity contribution in [1.82, 2.24) is 5.32 Å². The molecule has 0 spiro atoms. The molecule has 0 bridgehead atoms. The van der Waals surface area contributed by atoms with Crippen LogP contribution in [-0.2, 0) is 0 Å². The molecule has 106 valence electrons. The zero-order chi connectivity index (χ0) is 14.3. The van der Waals surface area contributed by atoms with Gasteiger partial charge >= 0.3 is 0 Å². The van der Waals surface area contributed by atoms with E-state index >= 15 is 0 Å². The molecule has 3 rings (SSSR count). The van der Waals surface area contributed by atoms with E-state index in [0.717, 1.165) is 0 Å². The number of amides is 1. The van der Waals surface area contributed by atoms with E-state index in [-0.39, 0.29) is 17.6 Å². The Morgan fingerprint density at radius 3 is 2.40 bits per heavy atom. The van der Waals surface area contributed by atoms with Gasteiger partial charge in [0.15, 0.2) is 0 Å². The maximum absolute atomic E-state index is 12.3. The summed E-state index contributed by atoms with van der Waals surface area (Å²) in [6.45, 7) is 0. The first-order chi connectivity index (χ1) is 9.56. The lowest BCUT2D eigenvalue weighted by atomic mass is 10.1. The van der Waals surface area contributed by atoms with Crippen molar-refractivity contribution in [3.8, 4) is 0 Å². The van der Waals surface area contributed by atoms with Gasteiger partial charge in [-0.15, -0.1) is 0 Å². The molecule has 0 aromatic heterocycles. The van der Waals surface area contributed by atoms with E-state index in [9.17, 15) is 14.9 Å². The van der Waals surface area contributed by atoms with Crippen molar-refractivity contribution in [2.75, 3.05) is 0 Å². The van der Waals surface area contributed by atoms with Crippen LogP contribution in [0.15, 0.2) is 22.7 Å². The quantitative estimate of drug-likeness (QED) is 0.661. The van der Waals surface area contributed by atoms with Crippen LogP contribution >= 0.6 is 15.9 Å². The third-order valence-electron chi connectivity index (χ3n) is 3.96. The highest BCUT2D eigenvalue weighted by atomic mass is 79.9. The van der Waals surface area contributed by atoms with Gasteiger partial charge in [0.25, 0.3) is 11.6 Å². The van der Waals surface area contributed by atoms with Crippen LogP contribution in [0.3, 0.4) is 0 Å². The van der Waals surface area contributed by atoms with Crippen LogP contribution in [0, 0.1) is 22.0 Å². The Bertz CT molecular complexity index is 556. The molecular weight excluding hydrogens is 324 g/mol. The number of nitrogens with zero attached hydrogens (tertiary/aromatic N) is 1. The van der Waals surface area contributed by atoms with E-state index in [1.165, 1.54) is 31.7 Å². The molecule has 1 amide bonds. The van der Waals surface area contributed by atoms with Crippen molar-refractivity contribution < 1.29 is 9.72 Å². The number of hydrogen-bond donors (Lipinski definition) is 1. The molecule has 20 heavy (non-hydrogen) atoms. The van der Waals surface area contributed by atoms with E-state index in [2.05, 4.69) is 21.2 Å². The SMILES string of the molecule is O=C(NC(C1CC1)C1CC1)c1ccc(Br)c([N+](=O)[O-])c1. The first-order valence-electron chi connectivity index (χ1n) is 6.81. The van der Waals surface area contributed by atoms with Gasteiger partial charge in [-0.1, -0.05) is 0 Å². The van der Waals surface area contributed by atoms with Crippen LogP contribution in [0.1, 0.15) is 36.0 Å². The minimum absolute atomic E-state index is 0.0768. The Balaban J connectivity index is 1.76. The molecule has 1 aromatic carbocycles. The summed E-state index contributed by atoms with van der Waals surface area (Å²) in [6, 6.07) is 4.75. The standard InChI is InChI=1S/C14H15BrN2O3/c15-11-6-5-10(7-12(11)17(19)20)14(18)16-13(8-1-2-8)9-3-4-9/h5-9,13H,1-4H2,(H,16,18). The van der Waals surface area contributed by atoms with Crippen molar-refractivity contribution in [2.24, 2.45) is 11.8 Å². The van der Waals surface area contributed by atoms with Gasteiger partial charge in [-0.05, 0) is 65.6 Å². The fourth-order valence-electron chi connectivity index (χ4n) is 2.56. The maximum Gasteiger partial charge on any atom is 0.284 e. The van der Waals surface area contributed by atoms with Gasteiger partial charge in [0.2, 0.25) is 0 Å². The zero-order valence-electron chi connectivity index (χ0n) is 10.8. The molecule has 2 saturated carbocycles. The highest BCUT2D eigenvalue weighted by Crippen LogP contribution is 2.44. The fourth-order valence-corrected chi connectivity index (χ4v) is 2.95. The Morgan fingerprint density at radius 1 is 1.30 bits per heavy atom. The van der Waals surface area contributed by atoms with Gasteiger partial charge < -0.3 is 5.32 Å². The second kappa shape index (κ2) is 5.16. The van der Waals surface area contributed by atoms with Crippen molar-refractivity contribution >= 4 is 27.5 Å². The molecule has 0 heterocycles. The highest BCUT2D eigenvalue weighted by Gasteiger charge is 2.42. The lowest BCUT2D eigenvalue weighted by Gasteiger charge is -2.17. The van der Waals surface area contributed by atoms with Crippen LogP contribution < -0.4 is 5.32 Å². The normalized spacial score (nSPS) is 18.1. The minimum Gasteiger partial charge on any atom is -0.349 e. The lowest BCUT2D eigenvalue weighted by molar-refractivity contribution is -0.385. The number of nitrogens with one attached hydrogen (secondary N) is 1. The van der Waals surface area contributed by atoms with Crippen molar-refractivity contribution in [3.05, 3.63) is 38.3 Å². The van der Waals surface area contributed by atoms with E-state index < -0.39 is 4.92 Å². The number of benzene rings is 1. The summed E-state index contributed by atoms with van der Waals surface area (Å²) >= 11 is 3.12. The molecule has 0 radical (unpaired) electrons. The molecule has 1 aromatic rings. The number of carbonyl (C=O) groups is 1. The minimum atomic E-state index is -0.486. The molecule has 0 aliphatic heterocycles. The van der Waals surface area contributed by atoms with Gasteiger partial charge in [0.1, 0.15) is 0 Å². The summed E-state index contributed by atoms with van der Waals surface area (Å²) in [5.41, 5.74) is 0.276. The van der Waals surface area contributed by atoms with Gasteiger partial charge in [0, 0.05) is 17.7 Å². The first-order valence-corrected chi connectivity index (χ1v) is 7.60. The highest BCUT2D eigenvalue weighted by molar-refractivity contribution is 9.10. The Hall–Kier alpha value is -1.43. The molecule has 6 heteroatoms. The van der Waals surface area contributed by atoms with E-state index in [4.69, 9.17) is 0 Å². The van der Waals surface area contributed by atoms with E-state index in [1.54, 1.807) is 12.1 Å². The molecule has 5 nitrogen and oxygen atoms in total. The predicted molar refractivity (Wildman–Crippen MR) is 77.5 cm³/mol. The maximum atomic E-state index is 12.3. The predicted octanol–water partition coefficient (Wildman–Crippen LogP) is 3.28. The van der Waals surface area contributed by atoms with Gasteiger partial charge in [-0.2, -0.15) is 0 Å². The third-order valence-corrected chi connectivity index (χ3v) is 4.63. The van der Waals surface area contributed by atoms with Gasteiger partial charge in [-0.3, -0.25) is 14.9 Å². The number of rotatable bonds is 5. The Morgan fingerprint density at radius 2 is 1.90 bits per heavy atom. The average Bonchev–Trinajstić information content (AvgIpc) is 3.28. The number of halogens is 1. The molecular formula is C14H15BrN2O3.